The number of alkyl halides is 1. The number of anilines is 1. The first-order chi connectivity index (χ1) is 7.81. The summed E-state index contributed by atoms with van der Waals surface area (Å²) >= 11 is 3.52. The predicted molar refractivity (Wildman–Crippen MR) is 70.2 cm³/mol. The van der Waals surface area contributed by atoms with E-state index in [4.69, 9.17) is 0 Å². The van der Waals surface area contributed by atoms with E-state index in [1.54, 1.807) is 0 Å². The molecule has 0 saturated heterocycles. The molecule has 0 spiro atoms. The van der Waals surface area contributed by atoms with Crippen molar-refractivity contribution >= 4 is 21.7 Å². The van der Waals surface area contributed by atoms with Crippen LogP contribution in [0.15, 0.2) is 12.1 Å². The molecule has 16 heavy (non-hydrogen) atoms. The zero-order valence-electron chi connectivity index (χ0n) is 9.69. The Morgan fingerprint density at radius 2 is 2.06 bits per heavy atom. The minimum atomic E-state index is 0.662. The highest BCUT2D eigenvalue weighted by atomic mass is 79.9. The zero-order valence-corrected chi connectivity index (χ0v) is 11.3. The first-order valence-electron chi connectivity index (χ1n) is 5.94. The number of aryl methyl sites for hydroxylation is 1. The molecule has 88 valence electrons. The number of halogens is 1. The van der Waals surface area contributed by atoms with E-state index in [2.05, 4.69) is 37.1 Å². The second kappa shape index (κ2) is 5.62. The van der Waals surface area contributed by atoms with Gasteiger partial charge in [-0.25, -0.2) is 0 Å². The molecule has 1 saturated carbocycles. The van der Waals surface area contributed by atoms with Crippen LogP contribution in [0, 0.1) is 6.92 Å². The zero-order chi connectivity index (χ0) is 11.4. The van der Waals surface area contributed by atoms with Crippen LogP contribution in [0.1, 0.15) is 31.4 Å². The van der Waals surface area contributed by atoms with Crippen molar-refractivity contribution in [3.63, 3.8) is 0 Å². The third-order valence-electron chi connectivity index (χ3n) is 3.17. The van der Waals surface area contributed by atoms with Gasteiger partial charge in [-0.15, -0.1) is 5.10 Å². The highest BCUT2D eigenvalue weighted by molar-refractivity contribution is 9.09. The molecule has 0 aromatic carbocycles. The predicted octanol–water partition coefficient (Wildman–Crippen LogP) is 2.93. The van der Waals surface area contributed by atoms with E-state index in [-0.39, 0.29) is 0 Å². The molecule has 3 nitrogen and oxygen atoms in total. The molecule has 0 N–H and O–H groups in total. The molecule has 1 aliphatic rings. The molecule has 1 aromatic heterocycles. The van der Waals surface area contributed by atoms with E-state index >= 15 is 0 Å². The number of hydrogen-bond donors (Lipinski definition) is 0. The number of rotatable bonds is 4. The summed E-state index contributed by atoms with van der Waals surface area (Å²) in [4.78, 5) is 2.40. The number of hydrogen-bond acceptors (Lipinski definition) is 3. The van der Waals surface area contributed by atoms with E-state index in [0.29, 0.717) is 6.04 Å². The summed E-state index contributed by atoms with van der Waals surface area (Å²) < 4.78 is 0. The van der Waals surface area contributed by atoms with Crippen LogP contribution in [0.2, 0.25) is 0 Å². The van der Waals surface area contributed by atoms with E-state index < -0.39 is 0 Å². The van der Waals surface area contributed by atoms with Crippen LogP contribution in [0.3, 0.4) is 0 Å². The molecule has 0 amide bonds. The maximum absolute atomic E-state index is 4.30. The number of nitrogens with zero attached hydrogens (tertiary/aromatic N) is 3. The van der Waals surface area contributed by atoms with Gasteiger partial charge >= 0.3 is 0 Å². The van der Waals surface area contributed by atoms with Gasteiger partial charge in [-0.05, 0) is 31.9 Å². The van der Waals surface area contributed by atoms with Gasteiger partial charge in [0.25, 0.3) is 0 Å². The van der Waals surface area contributed by atoms with Gasteiger partial charge in [0, 0.05) is 17.9 Å². The summed E-state index contributed by atoms with van der Waals surface area (Å²) in [6, 6.07) is 4.79. The Morgan fingerprint density at radius 1 is 1.31 bits per heavy atom. The Hall–Kier alpha value is -0.640. The van der Waals surface area contributed by atoms with Gasteiger partial charge in [0.1, 0.15) is 0 Å². The molecule has 1 aromatic rings. The second-order valence-electron chi connectivity index (χ2n) is 4.35. The molecule has 1 heterocycles. The van der Waals surface area contributed by atoms with Crippen LogP contribution in [0.5, 0.6) is 0 Å². The van der Waals surface area contributed by atoms with Crippen molar-refractivity contribution in [2.45, 2.75) is 38.6 Å². The molecule has 0 unspecified atom stereocenters. The van der Waals surface area contributed by atoms with Gasteiger partial charge in [-0.2, -0.15) is 5.10 Å². The Kier molecular flexibility index (Phi) is 4.16. The van der Waals surface area contributed by atoms with Crippen molar-refractivity contribution in [2.75, 3.05) is 16.8 Å². The molecular formula is C12H18BrN3. The third kappa shape index (κ3) is 2.73. The highest BCUT2D eigenvalue weighted by Crippen LogP contribution is 2.26. The van der Waals surface area contributed by atoms with E-state index in [1.165, 1.54) is 25.7 Å². The minimum absolute atomic E-state index is 0.662. The van der Waals surface area contributed by atoms with Gasteiger partial charge in [-0.1, -0.05) is 28.8 Å². The molecule has 0 bridgehead atoms. The lowest BCUT2D eigenvalue weighted by atomic mass is 10.2. The molecule has 0 aliphatic heterocycles. The molecule has 1 aliphatic carbocycles. The van der Waals surface area contributed by atoms with Crippen LogP contribution in [0.4, 0.5) is 5.82 Å². The van der Waals surface area contributed by atoms with Crippen LogP contribution in [-0.4, -0.2) is 28.1 Å². The van der Waals surface area contributed by atoms with Crippen LogP contribution < -0.4 is 4.90 Å². The van der Waals surface area contributed by atoms with E-state index in [9.17, 15) is 0 Å². The van der Waals surface area contributed by atoms with E-state index in [0.717, 1.165) is 23.4 Å². The second-order valence-corrected chi connectivity index (χ2v) is 5.15. The largest absolute Gasteiger partial charge is 0.351 e. The Morgan fingerprint density at radius 3 is 2.62 bits per heavy atom. The quantitative estimate of drug-likeness (QED) is 0.796. The van der Waals surface area contributed by atoms with Crippen molar-refractivity contribution in [1.29, 1.82) is 0 Å². The highest BCUT2D eigenvalue weighted by Gasteiger charge is 2.23. The van der Waals surface area contributed by atoms with Crippen molar-refractivity contribution < 1.29 is 0 Å². The SMILES string of the molecule is Cc1ccc(N(CCBr)C2CCCC2)nn1. The van der Waals surface area contributed by atoms with Crippen LogP contribution in [-0.2, 0) is 0 Å². The summed E-state index contributed by atoms with van der Waals surface area (Å²) in [6.07, 6.45) is 5.29. The lowest BCUT2D eigenvalue weighted by Gasteiger charge is -2.28. The standard InChI is InChI=1S/C12H18BrN3/c1-10-6-7-12(15-14-10)16(9-8-13)11-4-2-3-5-11/h6-7,11H,2-5,8-9H2,1H3. The lowest BCUT2D eigenvalue weighted by Crippen LogP contribution is -2.35. The smallest absolute Gasteiger partial charge is 0.151 e. The summed E-state index contributed by atoms with van der Waals surface area (Å²) in [7, 11) is 0. The van der Waals surface area contributed by atoms with Crippen molar-refractivity contribution in [1.82, 2.24) is 10.2 Å². The van der Waals surface area contributed by atoms with Crippen LogP contribution >= 0.6 is 15.9 Å². The first kappa shape index (κ1) is 11.8. The average Bonchev–Trinajstić information content (AvgIpc) is 2.81. The lowest BCUT2D eigenvalue weighted by molar-refractivity contribution is 0.611. The number of aromatic nitrogens is 2. The first-order valence-corrected chi connectivity index (χ1v) is 7.06. The fourth-order valence-corrected chi connectivity index (χ4v) is 2.72. The summed E-state index contributed by atoms with van der Waals surface area (Å²) in [5, 5.41) is 9.43. The minimum Gasteiger partial charge on any atom is -0.351 e. The van der Waals surface area contributed by atoms with Crippen molar-refractivity contribution in [3.05, 3.63) is 17.8 Å². The third-order valence-corrected chi connectivity index (χ3v) is 3.52. The molecule has 1 fully saturated rings. The Labute approximate surface area is 105 Å². The van der Waals surface area contributed by atoms with Crippen LogP contribution in [0.25, 0.3) is 0 Å². The van der Waals surface area contributed by atoms with Gasteiger partial charge < -0.3 is 4.90 Å². The van der Waals surface area contributed by atoms with Gasteiger partial charge in [0.05, 0.1) is 5.69 Å². The van der Waals surface area contributed by atoms with Crippen molar-refractivity contribution in [3.8, 4) is 0 Å². The maximum atomic E-state index is 4.30. The summed E-state index contributed by atoms with van der Waals surface area (Å²) in [5.74, 6) is 1.02. The maximum Gasteiger partial charge on any atom is 0.151 e. The fraction of sp³-hybridized carbons (Fsp3) is 0.667. The molecule has 2 rings (SSSR count). The Bertz CT molecular complexity index is 320. The fourth-order valence-electron chi connectivity index (χ4n) is 2.34. The Balaban J connectivity index is 2.14. The molecule has 0 atom stereocenters. The monoisotopic (exact) mass is 283 g/mol. The van der Waals surface area contributed by atoms with Gasteiger partial charge in [0.15, 0.2) is 5.82 Å². The van der Waals surface area contributed by atoms with Crippen molar-refractivity contribution in [2.24, 2.45) is 0 Å². The summed E-state index contributed by atoms with van der Waals surface area (Å²) in [6.45, 7) is 2.99. The average molecular weight is 284 g/mol. The summed E-state index contributed by atoms with van der Waals surface area (Å²) in [5.41, 5.74) is 0.981. The topological polar surface area (TPSA) is 29.0 Å². The molecular weight excluding hydrogens is 266 g/mol. The van der Waals surface area contributed by atoms with Gasteiger partial charge in [-0.3, -0.25) is 0 Å². The van der Waals surface area contributed by atoms with Gasteiger partial charge in [0.2, 0.25) is 0 Å². The molecule has 0 radical (unpaired) electrons. The van der Waals surface area contributed by atoms with E-state index in [1.807, 2.05) is 13.0 Å². The normalized spacial score (nSPS) is 16.6. The molecule has 4 heteroatoms.